The van der Waals surface area contributed by atoms with Crippen LogP contribution >= 0.6 is 0 Å². The van der Waals surface area contributed by atoms with Gasteiger partial charge in [-0.1, -0.05) is 18.2 Å². The molecule has 1 saturated heterocycles. The van der Waals surface area contributed by atoms with E-state index in [1.165, 1.54) is 16.7 Å². The van der Waals surface area contributed by atoms with Crippen molar-refractivity contribution in [3.8, 4) is 0 Å². The molecule has 1 heterocycles. The first-order valence-electron chi connectivity index (χ1n) is 8.76. The minimum absolute atomic E-state index is 0.0648. The molecule has 5 heteroatoms. The largest absolute Gasteiger partial charge is 0.481 e. The van der Waals surface area contributed by atoms with Gasteiger partial charge < -0.3 is 15.3 Å². The minimum atomic E-state index is -0.823. The molecule has 2 rings (SSSR count). The van der Waals surface area contributed by atoms with Gasteiger partial charge in [0, 0.05) is 26.1 Å². The van der Waals surface area contributed by atoms with Crippen molar-refractivity contribution in [2.75, 3.05) is 19.6 Å². The van der Waals surface area contributed by atoms with Gasteiger partial charge in [0.2, 0.25) is 0 Å². The molecule has 1 aliphatic heterocycles. The first-order valence-corrected chi connectivity index (χ1v) is 8.76. The second kappa shape index (κ2) is 8.71. The summed E-state index contributed by atoms with van der Waals surface area (Å²) in [7, 11) is 0. The highest BCUT2D eigenvalue weighted by Crippen LogP contribution is 2.22. The molecule has 0 spiro atoms. The van der Waals surface area contributed by atoms with Crippen LogP contribution in [0.3, 0.4) is 0 Å². The molecule has 0 atom stereocenters. The van der Waals surface area contributed by atoms with Crippen LogP contribution in [0.1, 0.15) is 42.4 Å². The SMILES string of the molecule is Cc1ccc(CC2CCN(C(=O)NCCCC(=O)O)CC2)cc1C. The highest BCUT2D eigenvalue weighted by Gasteiger charge is 2.22. The summed E-state index contributed by atoms with van der Waals surface area (Å²) in [6.45, 7) is 6.26. The van der Waals surface area contributed by atoms with Gasteiger partial charge in [-0.2, -0.15) is 0 Å². The van der Waals surface area contributed by atoms with Gasteiger partial charge in [0.05, 0.1) is 0 Å². The summed E-state index contributed by atoms with van der Waals surface area (Å²) in [6.07, 6.45) is 3.70. The van der Waals surface area contributed by atoms with Crippen molar-refractivity contribution in [2.45, 2.75) is 46.0 Å². The Kier molecular flexibility index (Phi) is 6.64. The van der Waals surface area contributed by atoms with Gasteiger partial charge in [0.15, 0.2) is 0 Å². The lowest BCUT2D eigenvalue weighted by Crippen LogP contribution is -2.45. The number of likely N-dealkylation sites (tertiary alicyclic amines) is 1. The van der Waals surface area contributed by atoms with Crippen LogP contribution in [-0.4, -0.2) is 41.6 Å². The van der Waals surface area contributed by atoms with Crippen molar-refractivity contribution >= 4 is 12.0 Å². The van der Waals surface area contributed by atoms with Crippen LogP contribution in [0.25, 0.3) is 0 Å². The number of aryl methyl sites for hydroxylation is 2. The Morgan fingerprint density at radius 1 is 1.21 bits per heavy atom. The Morgan fingerprint density at radius 2 is 1.92 bits per heavy atom. The van der Waals surface area contributed by atoms with Gasteiger partial charge >= 0.3 is 12.0 Å². The third kappa shape index (κ3) is 5.55. The summed E-state index contributed by atoms with van der Waals surface area (Å²) in [5.74, 6) is -0.195. The third-order valence-corrected chi connectivity index (χ3v) is 4.84. The van der Waals surface area contributed by atoms with Crippen molar-refractivity contribution in [3.05, 3.63) is 34.9 Å². The Balaban J connectivity index is 1.71. The molecule has 24 heavy (non-hydrogen) atoms. The number of piperidine rings is 1. The third-order valence-electron chi connectivity index (χ3n) is 4.84. The molecule has 5 nitrogen and oxygen atoms in total. The molecule has 0 unspecified atom stereocenters. The van der Waals surface area contributed by atoms with Crippen LogP contribution in [0.5, 0.6) is 0 Å². The zero-order chi connectivity index (χ0) is 17.5. The summed E-state index contributed by atoms with van der Waals surface area (Å²) >= 11 is 0. The normalized spacial score (nSPS) is 15.3. The van der Waals surface area contributed by atoms with E-state index in [-0.39, 0.29) is 12.5 Å². The van der Waals surface area contributed by atoms with Crippen LogP contribution in [0.15, 0.2) is 18.2 Å². The number of rotatable bonds is 6. The standard InChI is InChI=1S/C19H28N2O3/c1-14-5-6-17(12-15(14)2)13-16-7-10-21(11-8-16)19(24)20-9-3-4-18(22)23/h5-6,12,16H,3-4,7-11,13H2,1-2H3,(H,20,24)(H,22,23). The van der Waals surface area contributed by atoms with E-state index in [9.17, 15) is 9.59 Å². The fourth-order valence-electron chi connectivity index (χ4n) is 3.15. The van der Waals surface area contributed by atoms with E-state index < -0.39 is 5.97 Å². The topological polar surface area (TPSA) is 69.6 Å². The Labute approximate surface area is 144 Å². The van der Waals surface area contributed by atoms with Crippen LogP contribution in [0.2, 0.25) is 0 Å². The minimum Gasteiger partial charge on any atom is -0.481 e. The molecule has 0 aliphatic carbocycles. The first kappa shape index (κ1) is 18.3. The zero-order valence-corrected chi connectivity index (χ0v) is 14.7. The van der Waals surface area contributed by atoms with Crippen LogP contribution in [-0.2, 0) is 11.2 Å². The lowest BCUT2D eigenvalue weighted by molar-refractivity contribution is -0.137. The number of nitrogens with zero attached hydrogens (tertiary/aromatic N) is 1. The maximum Gasteiger partial charge on any atom is 0.317 e. The second-order valence-electron chi connectivity index (χ2n) is 6.78. The van der Waals surface area contributed by atoms with E-state index in [2.05, 4.69) is 37.4 Å². The molecule has 2 N–H and O–H groups in total. The molecular weight excluding hydrogens is 304 g/mol. The van der Waals surface area contributed by atoms with Gasteiger partial charge in [-0.15, -0.1) is 0 Å². The molecule has 1 aliphatic rings. The zero-order valence-electron chi connectivity index (χ0n) is 14.7. The van der Waals surface area contributed by atoms with Crippen molar-refractivity contribution in [2.24, 2.45) is 5.92 Å². The summed E-state index contributed by atoms with van der Waals surface area (Å²) in [4.78, 5) is 24.4. The lowest BCUT2D eigenvalue weighted by Gasteiger charge is -2.32. The van der Waals surface area contributed by atoms with Gasteiger partial charge in [-0.25, -0.2) is 4.79 Å². The predicted octanol–water partition coefficient (Wildman–Crippen LogP) is 3.13. The number of benzene rings is 1. The maximum absolute atomic E-state index is 12.1. The summed E-state index contributed by atoms with van der Waals surface area (Å²) in [5, 5.41) is 11.4. The number of urea groups is 1. The number of carboxylic acid groups (broad SMARTS) is 1. The van der Waals surface area contributed by atoms with Crippen molar-refractivity contribution in [1.82, 2.24) is 10.2 Å². The summed E-state index contributed by atoms with van der Waals surface area (Å²) < 4.78 is 0. The molecule has 0 radical (unpaired) electrons. The molecule has 0 aromatic heterocycles. The van der Waals surface area contributed by atoms with Crippen molar-refractivity contribution < 1.29 is 14.7 Å². The quantitative estimate of drug-likeness (QED) is 0.786. The monoisotopic (exact) mass is 332 g/mol. The second-order valence-corrected chi connectivity index (χ2v) is 6.78. The number of aliphatic carboxylic acids is 1. The highest BCUT2D eigenvalue weighted by molar-refractivity contribution is 5.74. The Hall–Kier alpha value is -2.04. The highest BCUT2D eigenvalue weighted by atomic mass is 16.4. The number of carbonyl (C=O) groups is 2. The van der Waals surface area contributed by atoms with Gasteiger partial charge in [-0.3, -0.25) is 4.79 Å². The number of nitrogens with one attached hydrogen (secondary N) is 1. The maximum atomic E-state index is 12.1. The molecule has 1 aromatic carbocycles. The van der Waals surface area contributed by atoms with Crippen molar-refractivity contribution in [3.63, 3.8) is 0 Å². The lowest BCUT2D eigenvalue weighted by atomic mass is 9.89. The summed E-state index contributed by atoms with van der Waals surface area (Å²) in [5.41, 5.74) is 4.05. The number of hydrogen-bond donors (Lipinski definition) is 2. The van der Waals surface area contributed by atoms with E-state index >= 15 is 0 Å². The van der Waals surface area contributed by atoms with Gasteiger partial charge in [0.1, 0.15) is 0 Å². The smallest absolute Gasteiger partial charge is 0.317 e. The molecule has 0 saturated carbocycles. The number of amides is 2. The average Bonchev–Trinajstić information content (AvgIpc) is 2.55. The number of hydrogen-bond acceptors (Lipinski definition) is 2. The van der Waals surface area contributed by atoms with Gasteiger partial charge in [-0.05, 0) is 62.1 Å². The Morgan fingerprint density at radius 3 is 2.54 bits per heavy atom. The molecule has 1 aromatic rings. The molecule has 0 bridgehead atoms. The van der Waals surface area contributed by atoms with Crippen LogP contribution in [0, 0.1) is 19.8 Å². The molecule has 1 fully saturated rings. The molecule has 132 valence electrons. The van der Waals surface area contributed by atoms with Crippen LogP contribution in [0.4, 0.5) is 4.79 Å². The number of carboxylic acids is 1. The summed E-state index contributed by atoms with van der Waals surface area (Å²) in [6, 6.07) is 6.61. The fourth-order valence-corrected chi connectivity index (χ4v) is 3.15. The van der Waals surface area contributed by atoms with E-state index in [1.807, 2.05) is 4.90 Å². The first-order chi connectivity index (χ1) is 11.5. The van der Waals surface area contributed by atoms with E-state index in [4.69, 9.17) is 5.11 Å². The Bertz CT molecular complexity index is 578. The molecule has 2 amide bonds. The predicted molar refractivity (Wildman–Crippen MR) is 94.2 cm³/mol. The van der Waals surface area contributed by atoms with E-state index in [0.717, 1.165) is 32.4 Å². The molecular formula is C19H28N2O3. The van der Waals surface area contributed by atoms with Crippen LogP contribution < -0.4 is 5.32 Å². The average molecular weight is 332 g/mol. The van der Waals surface area contributed by atoms with E-state index in [0.29, 0.717) is 18.9 Å². The van der Waals surface area contributed by atoms with E-state index in [1.54, 1.807) is 0 Å². The fraction of sp³-hybridized carbons (Fsp3) is 0.579. The van der Waals surface area contributed by atoms with Crippen molar-refractivity contribution in [1.29, 1.82) is 0 Å². The number of carbonyl (C=O) groups excluding carboxylic acids is 1. The van der Waals surface area contributed by atoms with Gasteiger partial charge in [0.25, 0.3) is 0 Å².